The minimum atomic E-state index is -0.332. The summed E-state index contributed by atoms with van der Waals surface area (Å²) >= 11 is 0. The highest BCUT2D eigenvalue weighted by Gasteiger charge is 2.41. The summed E-state index contributed by atoms with van der Waals surface area (Å²) in [6, 6.07) is 0. The molecule has 0 aromatic heterocycles. The van der Waals surface area contributed by atoms with E-state index in [1.807, 2.05) is 11.9 Å². The van der Waals surface area contributed by atoms with E-state index in [9.17, 15) is 4.79 Å². The molecule has 18 heavy (non-hydrogen) atoms. The molecular weight excluding hydrogens is 232 g/mol. The molecule has 0 atom stereocenters. The monoisotopic (exact) mass is 258 g/mol. The molecule has 1 rings (SSSR count). The van der Waals surface area contributed by atoms with Gasteiger partial charge < -0.3 is 19.7 Å². The van der Waals surface area contributed by atoms with Crippen molar-refractivity contribution in [1.29, 1.82) is 0 Å². The predicted octanol–water partition coefficient (Wildman–Crippen LogP) is 0.498. The third-order valence-corrected chi connectivity index (χ3v) is 3.62. The average molecular weight is 258 g/mol. The Kier molecular flexibility index (Phi) is 6.60. The van der Waals surface area contributed by atoms with Crippen LogP contribution in [0.25, 0.3) is 0 Å². The van der Waals surface area contributed by atoms with E-state index >= 15 is 0 Å². The molecule has 106 valence electrons. The van der Waals surface area contributed by atoms with Gasteiger partial charge in [-0.1, -0.05) is 0 Å². The van der Waals surface area contributed by atoms with E-state index in [1.54, 1.807) is 14.2 Å². The number of rotatable bonds is 7. The second-order valence-electron chi connectivity index (χ2n) is 5.04. The first-order valence-corrected chi connectivity index (χ1v) is 6.60. The van der Waals surface area contributed by atoms with Crippen molar-refractivity contribution in [2.45, 2.75) is 19.3 Å². The second-order valence-corrected chi connectivity index (χ2v) is 5.04. The van der Waals surface area contributed by atoms with Crippen LogP contribution in [-0.2, 0) is 14.3 Å². The molecule has 1 amide bonds. The summed E-state index contributed by atoms with van der Waals surface area (Å²) in [6.45, 7) is 3.73. The number of amides is 1. The molecule has 5 heteroatoms. The van der Waals surface area contributed by atoms with Gasteiger partial charge in [-0.2, -0.15) is 0 Å². The van der Waals surface area contributed by atoms with E-state index in [0.29, 0.717) is 13.2 Å². The Morgan fingerprint density at radius 3 is 2.50 bits per heavy atom. The van der Waals surface area contributed by atoms with Crippen molar-refractivity contribution in [2.75, 3.05) is 54.1 Å². The standard InChI is InChI=1S/C13H26N2O3/c1-15(9-4-10-17-2)12(16)13(11-18-3)5-7-14-8-6-13/h14H,4-11H2,1-3H3. The molecular formula is C13H26N2O3. The van der Waals surface area contributed by atoms with Gasteiger partial charge in [0, 0.05) is 34.4 Å². The maximum atomic E-state index is 12.6. The van der Waals surface area contributed by atoms with Crippen LogP contribution >= 0.6 is 0 Å². The Morgan fingerprint density at radius 2 is 1.94 bits per heavy atom. The van der Waals surface area contributed by atoms with Gasteiger partial charge in [-0.25, -0.2) is 0 Å². The Morgan fingerprint density at radius 1 is 1.28 bits per heavy atom. The summed E-state index contributed by atoms with van der Waals surface area (Å²) in [4.78, 5) is 14.4. The molecule has 1 heterocycles. The molecule has 1 N–H and O–H groups in total. The van der Waals surface area contributed by atoms with E-state index < -0.39 is 0 Å². The summed E-state index contributed by atoms with van der Waals surface area (Å²) in [5.41, 5.74) is -0.332. The average Bonchev–Trinajstić information content (AvgIpc) is 2.39. The predicted molar refractivity (Wildman–Crippen MR) is 70.5 cm³/mol. The van der Waals surface area contributed by atoms with Gasteiger partial charge in [0.05, 0.1) is 12.0 Å². The van der Waals surface area contributed by atoms with Gasteiger partial charge in [0.25, 0.3) is 0 Å². The van der Waals surface area contributed by atoms with Crippen molar-refractivity contribution in [1.82, 2.24) is 10.2 Å². The zero-order valence-corrected chi connectivity index (χ0v) is 11.8. The molecule has 0 aromatic rings. The first kappa shape index (κ1) is 15.4. The van der Waals surface area contributed by atoms with Gasteiger partial charge >= 0.3 is 0 Å². The fourth-order valence-electron chi connectivity index (χ4n) is 2.55. The van der Waals surface area contributed by atoms with Gasteiger partial charge in [0.1, 0.15) is 0 Å². The van der Waals surface area contributed by atoms with Crippen LogP contribution < -0.4 is 5.32 Å². The normalized spacial score (nSPS) is 18.6. The van der Waals surface area contributed by atoms with Crippen LogP contribution in [-0.4, -0.2) is 64.9 Å². The van der Waals surface area contributed by atoms with Crippen LogP contribution in [0.1, 0.15) is 19.3 Å². The molecule has 0 unspecified atom stereocenters. The number of piperidine rings is 1. The lowest BCUT2D eigenvalue weighted by atomic mass is 9.78. The maximum Gasteiger partial charge on any atom is 0.230 e. The number of ether oxygens (including phenoxy) is 2. The van der Waals surface area contributed by atoms with Gasteiger partial charge in [-0.05, 0) is 32.4 Å². The summed E-state index contributed by atoms with van der Waals surface area (Å²) in [7, 11) is 5.22. The lowest BCUT2D eigenvalue weighted by Gasteiger charge is -2.38. The third-order valence-electron chi connectivity index (χ3n) is 3.62. The Balaban J connectivity index is 2.57. The Bertz CT molecular complexity index is 247. The highest BCUT2D eigenvalue weighted by Crippen LogP contribution is 2.31. The van der Waals surface area contributed by atoms with Gasteiger partial charge in [-0.15, -0.1) is 0 Å². The van der Waals surface area contributed by atoms with Gasteiger partial charge in [-0.3, -0.25) is 4.79 Å². The SMILES string of the molecule is COCCCN(C)C(=O)C1(COC)CCNCC1. The van der Waals surface area contributed by atoms with Crippen molar-refractivity contribution >= 4 is 5.91 Å². The van der Waals surface area contributed by atoms with E-state index in [4.69, 9.17) is 9.47 Å². The first-order valence-electron chi connectivity index (χ1n) is 6.60. The summed E-state index contributed by atoms with van der Waals surface area (Å²) in [6.07, 6.45) is 2.59. The first-order chi connectivity index (χ1) is 8.66. The van der Waals surface area contributed by atoms with Crippen LogP contribution in [0, 0.1) is 5.41 Å². The fourth-order valence-corrected chi connectivity index (χ4v) is 2.55. The third kappa shape index (κ3) is 3.93. The van der Waals surface area contributed by atoms with Crippen LogP contribution in [0.4, 0.5) is 0 Å². The molecule has 0 radical (unpaired) electrons. The topological polar surface area (TPSA) is 50.8 Å². The minimum Gasteiger partial charge on any atom is -0.385 e. The number of nitrogens with zero attached hydrogens (tertiary/aromatic N) is 1. The van der Waals surface area contributed by atoms with Gasteiger partial charge in [0.2, 0.25) is 5.91 Å². The molecule has 0 bridgehead atoms. The van der Waals surface area contributed by atoms with E-state index in [0.717, 1.165) is 38.9 Å². The zero-order valence-electron chi connectivity index (χ0n) is 11.8. The Labute approximate surface area is 110 Å². The number of nitrogens with one attached hydrogen (secondary N) is 1. The van der Waals surface area contributed by atoms with Crippen LogP contribution in [0.2, 0.25) is 0 Å². The highest BCUT2D eigenvalue weighted by molar-refractivity contribution is 5.82. The number of carbonyl (C=O) groups is 1. The maximum absolute atomic E-state index is 12.6. The molecule has 0 aromatic carbocycles. The van der Waals surface area contributed by atoms with Crippen molar-refractivity contribution in [2.24, 2.45) is 5.41 Å². The number of methoxy groups -OCH3 is 2. The van der Waals surface area contributed by atoms with Crippen molar-refractivity contribution in [3.8, 4) is 0 Å². The van der Waals surface area contributed by atoms with Gasteiger partial charge in [0.15, 0.2) is 0 Å². The molecule has 1 fully saturated rings. The summed E-state index contributed by atoms with van der Waals surface area (Å²) in [5, 5.41) is 3.30. The van der Waals surface area contributed by atoms with Crippen molar-refractivity contribution in [3.05, 3.63) is 0 Å². The van der Waals surface area contributed by atoms with Crippen LogP contribution in [0.5, 0.6) is 0 Å². The summed E-state index contributed by atoms with van der Waals surface area (Å²) in [5.74, 6) is 0.210. The van der Waals surface area contributed by atoms with Crippen molar-refractivity contribution < 1.29 is 14.3 Å². The molecule has 1 aliphatic rings. The lowest BCUT2D eigenvalue weighted by molar-refractivity contribution is -0.146. The summed E-state index contributed by atoms with van der Waals surface area (Å²) < 4.78 is 10.3. The number of hydrogen-bond acceptors (Lipinski definition) is 4. The minimum absolute atomic E-state index is 0.210. The highest BCUT2D eigenvalue weighted by atomic mass is 16.5. The molecule has 0 spiro atoms. The van der Waals surface area contributed by atoms with Crippen molar-refractivity contribution in [3.63, 3.8) is 0 Å². The molecule has 1 aliphatic heterocycles. The molecule has 0 saturated carbocycles. The molecule has 0 aliphatic carbocycles. The lowest BCUT2D eigenvalue weighted by Crippen LogP contribution is -2.50. The zero-order chi connectivity index (χ0) is 13.4. The number of hydrogen-bond donors (Lipinski definition) is 1. The number of carbonyl (C=O) groups excluding carboxylic acids is 1. The van der Waals surface area contributed by atoms with E-state index in [-0.39, 0.29) is 11.3 Å². The fraction of sp³-hybridized carbons (Fsp3) is 0.923. The largest absolute Gasteiger partial charge is 0.385 e. The Hall–Kier alpha value is -0.650. The molecule has 1 saturated heterocycles. The molecule has 5 nitrogen and oxygen atoms in total. The van der Waals surface area contributed by atoms with E-state index in [1.165, 1.54) is 0 Å². The van der Waals surface area contributed by atoms with E-state index in [2.05, 4.69) is 5.32 Å². The van der Waals surface area contributed by atoms with Crippen LogP contribution in [0.3, 0.4) is 0 Å². The quantitative estimate of drug-likeness (QED) is 0.676. The smallest absolute Gasteiger partial charge is 0.230 e. The second kappa shape index (κ2) is 7.71. The van der Waals surface area contributed by atoms with Crippen LogP contribution in [0.15, 0.2) is 0 Å².